The van der Waals surface area contributed by atoms with E-state index in [9.17, 15) is 8.42 Å². The Morgan fingerprint density at radius 3 is 2.83 bits per heavy atom. The summed E-state index contributed by atoms with van der Waals surface area (Å²) in [5, 5.41) is 9.01. The summed E-state index contributed by atoms with van der Waals surface area (Å²) < 4.78 is 26.8. The van der Waals surface area contributed by atoms with Crippen LogP contribution >= 0.6 is 11.3 Å². The Morgan fingerprint density at radius 1 is 1.39 bits per heavy atom. The number of thiophene rings is 1. The van der Waals surface area contributed by atoms with E-state index in [1.807, 2.05) is 0 Å². The van der Waals surface area contributed by atoms with Gasteiger partial charge in [-0.05, 0) is 37.3 Å². The van der Waals surface area contributed by atoms with Gasteiger partial charge in [0.15, 0.2) is 0 Å². The molecule has 0 spiro atoms. The van der Waals surface area contributed by atoms with Crippen molar-refractivity contribution in [2.45, 2.75) is 37.0 Å². The summed E-state index contributed by atoms with van der Waals surface area (Å²) in [6.07, 6.45) is 2.95. The van der Waals surface area contributed by atoms with Gasteiger partial charge < -0.3 is 5.11 Å². The highest BCUT2D eigenvalue weighted by atomic mass is 32.2. The summed E-state index contributed by atoms with van der Waals surface area (Å²) in [7, 11) is -3.36. The largest absolute Gasteiger partial charge is 0.391 e. The highest BCUT2D eigenvalue weighted by molar-refractivity contribution is 7.91. The Labute approximate surface area is 112 Å². The Kier molecular flexibility index (Phi) is 4.42. The molecule has 1 atom stereocenters. The van der Waals surface area contributed by atoms with Gasteiger partial charge in [0.25, 0.3) is 10.0 Å². The number of aliphatic hydroxyl groups is 1. The molecular weight excluding hydrogens is 270 g/mol. The first-order valence-electron chi connectivity index (χ1n) is 6.24. The second-order valence-corrected chi connectivity index (χ2v) is 8.15. The van der Waals surface area contributed by atoms with Gasteiger partial charge in [-0.25, -0.2) is 8.42 Å². The molecule has 0 aromatic carbocycles. The lowest BCUT2D eigenvalue weighted by Crippen LogP contribution is -2.31. The quantitative estimate of drug-likeness (QED) is 0.926. The average molecular weight is 289 g/mol. The highest BCUT2D eigenvalue weighted by Crippen LogP contribution is 2.27. The maximum absolute atomic E-state index is 12.4. The molecule has 0 amide bonds. The summed E-state index contributed by atoms with van der Waals surface area (Å²) in [6.45, 7) is 3.29. The van der Waals surface area contributed by atoms with Crippen LogP contribution in [0.1, 0.15) is 31.1 Å². The molecule has 2 rings (SSSR count). The van der Waals surface area contributed by atoms with Crippen LogP contribution in [0.3, 0.4) is 0 Å². The van der Waals surface area contributed by atoms with E-state index < -0.39 is 10.0 Å². The van der Waals surface area contributed by atoms with E-state index in [0.29, 0.717) is 28.1 Å². The third-order valence-electron chi connectivity index (χ3n) is 3.36. The second-order valence-electron chi connectivity index (χ2n) is 4.82. The Morgan fingerprint density at radius 2 is 2.17 bits per heavy atom. The van der Waals surface area contributed by atoms with Crippen molar-refractivity contribution in [3.8, 4) is 0 Å². The van der Waals surface area contributed by atoms with Crippen LogP contribution in [0.5, 0.6) is 0 Å². The fourth-order valence-corrected chi connectivity index (χ4v) is 5.05. The van der Waals surface area contributed by atoms with Gasteiger partial charge in [-0.1, -0.05) is 6.92 Å². The molecule has 1 N–H and O–H groups in total. The first-order valence-corrected chi connectivity index (χ1v) is 8.49. The van der Waals surface area contributed by atoms with E-state index >= 15 is 0 Å². The van der Waals surface area contributed by atoms with Gasteiger partial charge in [0.1, 0.15) is 4.21 Å². The van der Waals surface area contributed by atoms with Crippen molar-refractivity contribution in [3.63, 3.8) is 0 Å². The topological polar surface area (TPSA) is 57.6 Å². The molecule has 1 fully saturated rings. The lowest BCUT2D eigenvalue weighted by molar-refractivity contribution is 0.285. The number of sulfonamides is 1. The third-order valence-corrected chi connectivity index (χ3v) is 6.80. The van der Waals surface area contributed by atoms with E-state index in [-0.39, 0.29) is 6.61 Å². The van der Waals surface area contributed by atoms with Crippen LogP contribution in [0.25, 0.3) is 0 Å². The molecule has 6 heteroatoms. The van der Waals surface area contributed by atoms with Crippen molar-refractivity contribution < 1.29 is 13.5 Å². The molecule has 1 saturated heterocycles. The lowest BCUT2D eigenvalue weighted by Gasteiger charge is -2.18. The van der Waals surface area contributed by atoms with Crippen LogP contribution in [0.15, 0.2) is 16.3 Å². The second kappa shape index (κ2) is 5.69. The minimum atomic E-state index is -3.36. The highest BCUT2D eigenvalue weighted by Gasteiger charge is 2.27. The predicted molar refractivity (Wildman–Crippen MR) is 72.0 cm³/mol. The Bertz CT molecular complexity index is 495. The summed E-state index contributed by atoms with van der Waals surface area (Å²) >= 11 is 1.16. The van der Waals surface area contributed by atoms with Gasteiger partial charge in [-0.3, -0.25) is 0 Å². The van der Waals surface area contributed by atoms with Crippen LogP contribution in [0.4, 0.5) is 0 Å². The van der Waals surface area contributed by atoms with Crippen LogP contribution in [0, 0.1) is 5.92 Å². The number of nitrogens with zero attached hydrogens (tertiary/aromatic N) is 1. The van der Waals surface area contributed by atoms with Crippen LogP contribution in [-0.4, -0.2) is 30.9 Å². The molecule has 1 unspecified atom stereocenters. The molecule has 4 nitrogen and oxygen atoms in total. The number of aliphatic hydroxyl groups excluding tert-OH is 1. The molecule has 0 aliphatic carbocycles. The van der Waals surface area contributed by atoms with Gasteiger partial charge in [0.2, 0.25) is 0 Å². The van der Waals surface area contributed by atoms with Crippen molar-refractivity contribution in [3.05, 3.63) is 17.0 Å². The standard InChI is InChI=1S/C12H19NO3S2/c1-10-3-2-7-13(8-6-10)18(15,16)12-5-4-11(9-14)17-12/h4-5,10,14H,2-3,6-9H2,1H3. The monoisotopic (exact) mass is 289 g/mol. The van der Waals surface area contributed by atoms with Crippen molar-refractivity contribution >= 4 is 21.4 Å². The van der Waals surface area contributed by atoms with Crippen molar-refractivity contribution in [2.24, 2.45) is 5.92 Å². The van der Waals surface area contributed by atoms with Crippen molar-refractivity contribution in [1.82, 2.24) is 4.31 Å². The average Bonchev–Trinajstić information content (AvgIpc) is 2.72. The van der Waals surface area contributed by atoms with Gasteiger partial charge in [0.05, 0.1) is 6.61 Å². The molecule has 1 aliphatic heterocycles. The first-order chi connectivity index (χ1) is 8.54. The summed E-state index contributed by atoms with van der Waals surface area (Å²) in [5.74, 6) is 0.599. The van der Waals surface area contributed by atoms with E-state index in [1.54, 1.807) is 16.4 Å². The molecule has 1 aromatic heterocycles. The number of hydrogen-bond donors (Lipinski definition) is 1. The molecule has 2 heterocycles. The summed E-state index contributed by atoms with van der Waals surface area (Å²) in [5.41, 5.74) is 0. The zero-order valence-electron chi connectivity index (χ0n) is 10.5. The zero-order chi connectivity index (χ0) is 13.2. The molecule has 102 valence electrons. The molecule has 0 bridgehead atoms. The van der Waals surface area contributed by atoms with Gasteiger partial charge in [0, 0.05) is 18.0 Å². The molecule has 1 aromatic rings. The summed E-state index contributed by atoms with van der Waals surface area (Å²) in [6, 6.07) is 3.28. The van der Waals surface area contributed by atoms with Crippen molar-refractivity contribution in [1.29, 1.82) is 0 Å². The van der Waals surface area contributed by atoms with Crippen LogP contribution < -0.4 is 0 Å². The third kappa shape index (κ3) is 2.93. The van der Waals surface area contributed by atoms with Gasteiger partial charge in [-0.15, -0.1) is 11.3 Å². The molecule has 1 aliphatic rings. The smallest absolute Gasteiger partial charge is 0.252 e. The minimum absolute atomic E-state index is 0.1000. The van der Waals surface area contributed by atoms with E-state index in [4.69, 9.17) is 5.11 Å². The van der Waals surface area contributed by atoms with E-state index in [1.165, 1.54) is 0 Å². The van der Waals surface area contributed by atoms with Gasteiger partial charge in [-0.2, -0.15) is 4.31 Å². The van der Waals surface area contributed by atoms with Gasteiger partial charge >= 0.3 is 0 Å². The van der Waals surface area contributed by atoms with E-state index in [0.717, 1.165) is 30.6 Å². The fourth-order valence-electron chi connectivity index (χ4n) is 2.19. The van der Waals surface area contributed by atoms with Crippen LogP contribution in [-0.2, 0) is 16.6 Å². The Balaban J connectivity index is 2.19. The van der Waals surface area contributed by atoms with Crippen LogP contribution in [0.2, 0.25) is 0 Å². The molecular formula is C12H19NO3S2. The summed E-state index contributed by atoms with van der Waals surface area (Å²) in [4.78, 5) is 0.691. The molecule has 18 heavy (non-hydrogen) atoms. The fraction of sp³-hybridized carbons (Fsp3) is 0.667. The molecule has 0 saturated carbocycles. The lowest BCUT2D eigenvalue weighted by atomic mass is 10.0. The predicted octanol–water partition coefficient (Wildman–Crippen LogP) is 2.05. The normalized spacial score (nSPS) is 22.9. The SMILES string of the molecule is CC1CCCN(S(=O)(=O)c2ccc(CO)s2)CC1. The first kappa shape index (κ1) is 14.0. The maximum atomic E-state index is 12.4. The van der Waals surface area contributed by atoms with E-state index in [2.05, 4.69) is 6.92 Å². The zero-order valence-corrected chi connectivity index (χ0v) is 12.1. The number of hydrogen-bond acceptors (Lipinski definition) is 4. The Hall–Kier alpha value is -0.430. The molecule has 0 radical (unpaired) electrons. The van der Waals surface area contributed by atoms with Crippen molar-refractivity contribution in [2.75, 3.05) is 13.1 Å². The number of rotatable bonds is 3. The maximum Gasteiger partial charge on any atom is 0.252 e. The minimum Gasteiger partial charge on any atom is -0.391 e.